The minimum absolute atomic E-state index is 0.578. The topological polar surface area (TPSA) is 37.3 Å². The fraction of sp³-hybridized carbons (Fsp3) is 0.500. The molecule has 1 aromatic carbocycles. The molecule has 0 unspecified atom stereocenters. The van der Waals surface area contributed by atoms with Crippen LogP contribution in [0.25, 0.3) is 0 Å². The first-order valence-electron chi connectivity index (χ1n) is 5.94. The molecule has 1 aliphatic rings. The predicted octanol–water partition coefficient (Wildman–Crippen LogP) is 3.59. The van der Waals surface area contributed by atoms with Crippen molar-refractivity contribution in [2.45, 2.75) is 39.5 Å². The van der Waals surface area contributed by atoms with Gasteiger partial charge in [0.1, 0.15) is 0 Å². The normalized spacial score (nSPS) is 14.8. The summed E-state index contributed by atoms with van der Waals surface area (Å²) in [7, 11) is 0. The molecule has 0 saturated heterocycles. The highest BCUT2D eigenvalue weighted by Gasteiger charge is 2.28. The highest BCUT2D eigenvalue weighted by molar-refractivity contribution is 9.10. The summed E-state index contributed by atoms with van der Waals surface area (Å²) in [6.45, 7) is 3.55. The summed E-state index contributed by atoms with van der Waals surface area (Å²) in [4.78, 5) is 11.1. The number of carboxylic acid groups (broad SMARTS) is 1. The summed E-state index contributed by atoms with van der Waals surface area (Å²) in [5.74, 6) is -0.742. The molecule has 1 aliphatic carbocycles. The minimum atomic E-state index is -0.742. The van der Waals surface area contributed by atoms with Crippen molar-refractivity contribution in [3.63, 3.8) is 0 Å². The number of aryl methyl sites for hydroxylation is 1. The number of hydrogen-bond donors (Lipinski definition) is 1. The largest absolute Gasteiger partial charge is 0.481 e. The third-order valence-corrected chi connectivity index (χ3v) is 4.15. The number of aliphatic carboxylic acids is 1. The van der Waals surface area contributed by atoms with Crippen LogP contribution in [-0.4, -0.2) is 11.1 Å². The van der Waals surface area contributed by atoms with E-state index in [0.29, 0.717) is 6.42 Å². The molecule has 0 heterocycles. The molecule has 0 amide bonds. The van der Waals surface area contributed by atoms with Gasteiger partial charge in [0.05, 0.1) is 5.41 Å². The first-order chi connectivity index (χ1) is 7.90. The van der Waals surface area contributed by atoms with Crippen LogP contribution in [0.15, 0.2) is 16.6 Å². The van der Waals surface area contributed by atoms with E-state index in [9.17, 15) is 4.79 Å². The molecule has 0 spiro atoms. The van der Waals surface area contributed by atoms with Crippen LogP contribution in [0.2, 0.25) is 0 Å². The number of rotatable bonds is 3. The Hall–Kier alpha value is -0.830. The fourth-order valence-corrected chi connectivity index (χ4v) is 3.15. The minimum Gasteiger partial charge on any atom is -0.481 e. The van der Waals surface area contributed by atoms with Crippen LogP contribution in [-0.2, 0) is 24.1 Å². The molecule has 0 fully saturated rings. The lowest BCUT2D eigenvalue weighted by Gasteiger charge is -2.20. The molecule has 0 bridgehead atoms. The van der Waals surface area contributed by atoms with E-state index >= 15 is 0 Å². The molecule has 92 valence electrons. The summed E-state index contributed by atoms with van der Waals surface area (Å²) in [6, 6.07) is 4.26. The highest BCUT2D eigenvalue weighted by Crippen LogP contribution is 2.32. The predicted molar refractivity (Wildman–Crippen MR) is 71.3 cm³/mol. The number of carbonyl (C=O) groups is 1. The average molecular weight is 297 g/mol. The van der Waals surface area contributed by atoms with Crippen molar-refractivity contribution >= 4 is 21.9 Å². The van der Waals surface area contributed by atoms with E-state index in [0.717, 1.165) is 22.9 Å². The molecule has 0 radical (unpaired) electrons. The van der Waals surface area contributed by atoms with E-state index in [1.807, 2.05) is 0 Å². The van der Waals surface area contributed by atoms with Gasteiger partial charge in [0.2, 0.25) is 0 Å². The Kier molecular flexibility index (Phi) is 3.30. The summed E-state index contributed by atoms with van der Waals surface area (Å²) >= 11 is 3.60. The molecule has 17 heavy (non-hydrogen) atoms. The van der Waals surface area contributed by atoms with Gasteiger partial charge in [-0.15, -0.1) is 0 Å². The van der Waals surface area contributed by atoms with E-state index < -0.39 is 11.4 Å². The Bertz CT molecular complexity index is 464. The van der Waals surface area contributed by atoms with Gasteiger partial charge in [0.25, 0.3) is 0 Å². The van der Waals surface area contributed by atoms with Crippen molar-refractivity contribution in [2.24, 2.45) is 5.41 Å². The van der Waals surface area contributed by atoms with Gasteiger partial charge in [-0.2, -0.15) is 0 Å². The molecule has 2 rings (SSSR count). The first-order valence-corrected chi connectivity index (χ1v) is 6.73. The Morgan fingerprint density at radius 3 is 2.76 bits per heavy atom. The monoisotopic (exact) mass is 296 g/mol. The molecule has 0 aliphatic heterocycles. The van der Waals surface area contributed by atoms with Gasteiger partial charge in [0, 0.05) is 4.47 Å². The summed E-state index contributed by atoms with van der Waals surface area (Å²) in [5, 5.41) is 9.15. The molecule has 0 saturated carbocycles. The lowest BCUT2D eigenvalue weighted by molar-refractivity contribution is -0.146. The van der Waals surface area contributed by atoms with Gasteiger partial charge in [-0.1, -0.05) is 22.0 Å². The maximum Gasteiger partial charge on any atom is 0.309 e. The Balaban J connectivity index is 2.29. The van der Waals surface area contributed by atoms with Gasteiger partial charge in [-0.25, -0.2) is 0 Å². The van der Waals surface area contributed by atoms with Gasteiger partial charge in [0.15, 0.2) is 0 Å². The second-order valence-corrected chi connectivity index (χ2v) is 6.29. The van der Waals surface area contributed by atoms with E-state index in [1.165, 1.54) is 17.5 Å². The quantitative estimate of drug-likeness (QED) is 0.925. The van der Waals surface area contributed by atoms with Crippen molar-refractivity contribution in [2.75, 3.05) is 0 Å². The van der Waals surface area contributed by atoms with Crippen LogP contribution in [0.5, 0.6) is 0 Å². The van der Waals surface area contributed by atoms with Crippen LogP contribution >= 0.6 is 15.9 Å². The summed E-state index contributed by atoms with van der Waals surface area (Å²) in [6.07, 6.45) is 4.04. The van der Waals surface area contributed by atoms with E-state index in [-0.39, 0.29) is 0 Å². The first kappa shape index (κ1) is 12.6. The van der Waals surface area contributed by atoms with Crippen LogP contribution in [0.4, 0.5) is 0 Å². The molecular formula is C14H17BrO2. The molecule has 1 N–H and O–H groups in total. The van der Waals surface area contributed by atoms with E-state index in [2.05, 4.69) is 28.1 Å². The maximum absolute atomic E-state index is 11.1. The lowest BCUT2D eigenvalue weighted by Crippen LogP contribution is -2.26. The number of fused-ring (bicyclic) bond motifs is 1. The van der Waals surface area contributed by atoms with Crippen LogP contribution in [0, 0.1) is 5.41 Å². The Morgan fingerprint density at radius 2 is 2.12 bits per heavy atom. The van der Waals surface area contributed by atoms with Crippen LogP contribution in [0.1, 0.15) is 37.0 Å². The number of hydrogen-bond acceptors (Lipinski definition) is 1. The summed E-state index contributed by atoms with van der Waals surface area (Å²) < 4.78 is 1.14. The zero-order valence-corrected chi connectivity index (χ0v) is 11.8. The van der Waals surface area contributed by atoms with Crippen molar-refractivity contribution < 1.29 is 9.90 Å². The fourth-order valence-electron chi connectivity index (χ4n) is 2.40. The van der Waals surface area contributed by atoms with Crippen molar-refractivity contribution in [1.29, 1.82) is 0 Å². The van der Waals surface area contributed by atoms with Crippen molar-refractivity contribution in [1.82, 2.24) is 0 Å². The third-order valence-electron chi connectivity index (χ3n) is 3.45. The summed E-state index contributed by atoms with van der Waals surface area (Å²) in [5.41, 5.74) is 3.20. The maximum atomic E-state index is 11.1. The molecule has 1 aromatic rings. The molecule has 0 aromatic heterocycles. The van der Waals surface area contributed by atoms with Crippen molar-refractivity contribution in [3.8, 4) is 0 Å². The zero-order valence-electron chi connectivity index (χ0n) is 10.2. The highest BCUT2D eigenvalue weighted by atomic mass is 79.9. The lowest BCUT2D eigenvalue weighted by atomic mass is 9.85. The van der Waals surface area contributed by atoms with Crippen LogP contribution < -0.4 is 0 Å². The SMILES string of the molecule is CC(C)(Cc1cc(Br)c2c(c1)CCC2)C(=O)O. The number of carboxylic acids is 1. The zero-order chi connectivity index (χ0) is 12.6. The average Bonchev–Trinajstić information content (AvgIpc) is 2.64. The standard InChI is InChI=1S/C14H17BrO2/c1-14(2,13(16)17)8-9-6-10-4-3-5-11(10)12(15)7-9/h6-7H,3-5,8H2,1-2H3,(H,16,17). The molecule has 3 heteroatoms. The van der Waals surface area contributed by atoms with Crippen molar-refractivity contribution in [3.05, 3.63) is 33.3 Å². The Morgan fingerprint density at radius 1 is 1.41 bits per heavy atom. The van der Waals surface area contributed by atoms with E-state index in [4.69, 9.17) is 5.11 Å². The van der Waals surface area contributed by atoms with Gasteiger partial charge >= 0.3 is 5.97 Å². The number of benzene rings is 1. The van der Waals surface area contributed by atoms with Gasteiger partial charge in [-0.3, -0.25) is 4.79 Å². The molecule has 2 nitrogen and oxygen atoms in total. The smallest absolute Gasteiger partial charge is 0.309 e. The van der Waals surface area contributed by atoms with Gasteiger partial charge in [-0.05, 0) is 62.3 Å². The number of halogens is 1. The van der Waals surface area contributed by atoms with Crippen LogP contribution in [0.3, 0.4) is 0 Å². The van der Waals surface area contributed by atoms with Gasteiger partial charge < -0.3 is 5.11 Å². The second kappa shape index (κ2) is 4.45. The third kappa shape index (κ3) is 2.54. The Labute approximate surface area is 110 Å². The second-order valence-electron chi connectivity index (χ2n) is 5.43. The molecule has 0 atom stereocenters. The van der Waals surface area contributed by atoms with E-state index in [1.54, 1.807) is 13.8 Å². The molecular weight excluding hydrogens is 280 g/mol.